The summed E-state index contributed by atoms with van der Waals surface area (Å²) < 4.78 is 7.53. The minimum Gasteiger partial charge on any atom is -0.496 e. The van der Waals surface area contributed by atoms with Crippen molar-refractivity contribution in [3.63, 3.8) is 0 Å². The van der Waals surface area contributed by atoms with Crippen molar-refractivity contribution in [2.45, 2.75) is 45.6 Å². The molecule has 2 aromatic rings. The SMILES string of the molecule is CCCn1c(C2CC2)nc(-c2ccc(OC)c(C)c2)c1N. The van der Waals surface area contributed by atoms with Gasteiger partial charge in [-0.3, -0.25) is 0 Å². The van der Waals surface area contributed by atoms with Gasteiger partial charge in [-0.15, -0.1) is 0 Å². The maximum atomic E-state index is 6.38. The highest BCUT2D eigenvalue weighted by molar-refractivity contribution is 5.72. The van der Waals surface area contributed by atoms with E-state index in [0.717, 1.165) is 47.2 Å². The van der Waals surface area contributed by atoms with Crippen LogP contribution in [0.25, 0.3) is 11.3 Å². The van der Waals surface area contributed by atoms with Gasteiger partial charge in [0.25, 0.3) is 0 Å². The Balaban J connectivity index is 2.05. The molecule has 0 amide bonds. The highest BCUT2D eigenvalue weighted by Gasteiger charge is 2.30. The van der Waals surface area contributed by atoms with Gasteiger partial charge >= 0.3 is 0 Å². The molecule has 3 rings (SSSR count). The third-order valence-electron chi connectivity index (χ3n) is 4.09. The van der Waals surface area contributed by atoms with Crippen molar-refractivity contribution in [3.05, 3.63) is 29.6 Å². The van der Waals surface area contributed by atoms with Gasteiger partial charge in [0, 0.05) is 18.0 Å². The zero-order valence-corrected chi connectivity index (χ0v) is 13.0. The molecule has 0 aliphatic heterocycles. The second kappa shape index (κ2) is 5.43. The molecule has 1 saturated carbocycles. The molecule has 0 saturated heterocycles. The van der Waals surface area contributed by atoms with E-state index in [9.17, 15) is 0 Å². The van der Waals surface area contributed by atoms with Crippen molar-refractivity contribution in [3.8, 4) is 17.0 Å². The molecular weight excluding hydrogens is 262 g/mol. The minimum absolute atomic E-state index is 0.604. The lowest BCUT2D eigenvalue weighted by Crippen LogP contribution is -2.06. The zero-order chi connectivity index (χ0) is 15.0. The summed E-state index contributed by atoms with van der Waals surface area (Å²) in [5.74, 6) is 3.46. The van der Waals surface area contributed by atoms with Gasteiger partial charge in [0.15, 0.2) is 0 Å². The summed E-state index contributed by atoms with van der Waals surface area (Å²) in [6.45, 7) is 5.16. The normalized spacial score (nSPS) is 14.4. The van der Waals surface area contributed by atoms with Gasteiger partial charge in [0.05, 0.1) is 7.11 Å². The number of rotatable bonds is 5. The first-order chi connectivity index (χ1) is 10.2. The Kier molecular flexibility index (Phi) is 3.62. The fourth-order valence-corrected chi connectivity index (χ4v) is 2.83. The Morgan fingerprint density at radius 2 is 2.14 bits per heavy atom. The molecule has 4 heteroatoms. The van der Waals surface area contributed by atoms with Crippen LogP contribution in [0.2, 0.25) is 0 Å². The number of anilines is 1. The van der Waals surface area contributed by atoms with Gasteiger partial charge in [-0.1, -0.05) is 6.92 Å². The summed E-state index contributed by atoms with van der Waals surface area (Å²) in [6.07, 6.45) is 3.55. The molecule has 21 heavy (non-hydrogen) atoms. The van der Waals surface area contributed by atoms with Gasteiger partial charge in [-0.05, 0) is 49.9 Å². The number of aromatic nitrogens is 2. The van der Waals surface area contributed by atoms with E-state index in [4.69, 9.17) is 15.5 Å². The number of benzene rings is 1. The van der Waals surface area contributed by atoms with Gasteiger partial charge in [-0.25, -0.2) is 4.98 Å². The number of hydrogen-bond donors (Lipinski definition) is 1. The molecule has 0 unspecified atom stereocenters. The molecule has 1 aliphatic rings. The fraction of sp³-hybridized carbons (Fsp3) is 0.471. The number of methoxy groups -OCH3 is 1. The molecule has 1 heterocycles. The molecular formula is C17H23N3O. The summed E-state index contributed by atoms with van der Waals surface area (Å²) in [7, 11) is 1.69. The first-order valence-corrected chi connectivity index (χ1v) is 7.66. The first-order valence-electron chi connectivity index (χ1n) is 7.66. The molecule has 0 spiro atoms. The van der Waals surface area contributed by atoms with Crippen LogP contribution in [0.3, 0.4) is 0 Å². The Morgan fingerprint density at radius 3 is 2.71 bits per heavy atom. The van der Waals surface area contributed by atoms with Crippen molar-refractivity contribution in [1.82, 2.24) is 9.55 Å². The predicted octanol–water partition coefficient (Wildman–Crippen LogP) is 3.74. The summed E-state index contributed by atoms with van der Waals surface area (Å²) in [6, 6.07) is 6.13. The van der Waals surface area contributed by atoms with Crippen molar-refractivity contribution in [2.24, 2.45) is 0 Å². The summed E-state index contributed by atoms with van der Waals surface area (Å²) in [5.41, 5.74) is 9.47. The molecule has 0 bridgehead atoms. The number of imidazole rings is 1. The van der Waals surface area contributed by atoms with Crippen LogP contribution in [0.1, 0.15) is 43.5 Å². The molecule has 2 N–H and O–H groups in total. The average Bonchev–Trinajstić information content (AvgIpc) is 3.26. The van der Waals surface area contributed by atoms with Gasteiger partial charge in [0.1, 0.15) is 23.1 Å². The number of aryl methyl sites for hydroxylation is 1. The van der Waals surface area contributed by atoms with Crippen LogP contribution in [-0.4, -0.2) is 16.7 Å². The van der Waals surface area contributed by atoms with Crippen molar-refractivity contribution >= 4 is 5.82 Å². The number of hydrogen-bond acceptors (Lipinski definition) is 3. The van der Waals surface area contributed by atoms with E-state index in [-0.39, 0.29) is 0 Å². The standard InChI is InChI=1S/C17H23N3O/c1-4-9-20-16(18)15(19-17(20)12-5-6-12)13-7-8-14(21-3)11(2)10-13/h7-8,10,12H,4-6,9,18H2,1-3H3. The van der Waals surface area contributed by atoms with E-state index in [1.165, 1.54) is 12.8 Å². The molecule has 1 aliphatic carbocycles. The highest BCUT2D eigenvalue weighted by Crippen LogP contribution is 2.42. The van der Waals surface area contributed by atoms with Crippen molar-refractivity contribution in [2.75, 3.05) is 12.8 Å². The Labute approximate surface area is 125 Å². The van der Waals surface area contributed by atoms with E-state index in [0.29, 0.717) is 5.92 Å². The van der Waals surface area contributed by atoms with Crippen LogP contribution < -0.4 is 10.5 Å². The van der Waals surface area contributed by atoms with Crippen LogP contribution in [-0.2, 0) is 6.54 Å². The molecule has 0 atom stereocenters. The number of nitrogens with zero attached hydrogens (tertiary/aromatic N) is 2. The quantitative estimate of drug-likeness (QED) is 0.910. The molecule has 112 valence electrons. The predicted molar refractivity (Wildman–Crippen MR) is 85.6 cm³/mol. The molecule has 0 radical (unpaired) electrons. The lowest BCUT2D eigenvalue weighted by Gasteiger charge is -2.08. The molecule has 1 aromatic heterocycles. The van der Waals surface area contributed by atoms with Crippen LogP contribution in [0.5, 0.6) is 5.75 Å². The number of ether oxygens (including phenoxy) is 1. The average molecular weight is 285 g/mol. The van der Waals surface area contributed by atoms with Gasteiger partial charge < -0.3 is 15.0 Å². The lowest BCUT2D eigenvalue weighted by molar-refractivity contribution is 0.412. The topological polar surface area (TPSA) is 53.1 Å². The van der Waals surface area contributed by atoms with E-state index in [1.54, 1.807) is 7.11 Å². The third kappa shape index (κ3) is 2.50. The largest absolute Gasteiger partial charge is 0.496 e. The van der Waals surface area contributed by atoms with E-state index in [1.807, 2.05) is 19.1 Å². The second-order valence-corrected chi connectivity index (χ2v) is 5.81. The van der Waals surface area contributed by atoms with Crippen LogP contribution in [0.4, 0.5) is 5.82 Å². The maximum absolute atomic E-state index is 6.38. The first kappa shape index (κ1) is 14.0. The smallest absolute Gasteiger partial charge is 0.131 e. The van der Waals surface area contributed by atoms with Crippen molar-refractivity contribution in [1.29, 1.82) is 0 Å². The lowest BCUT2D eigenvalue weighted by atomic mass is 10.1. The maximum Gasteiger partial charge on any atom is 0.131 e. The monoisotopic (exact) mass is 285 g/mol. The zero-order valence-electron chi connectivity index (χ0n) is 13.0. The second-order valence-electron chi connectivity index (χ2n) is 5.81. The minimum atomic E-state index is 0.604. The van der Waals surface area contributed by atoms with Crippen LogP contribution >= 0.6 is 0 Å². The molecule has 1 fully saturated rings. The summed E-state index contributed by atoms with van der Waals surface area (Å²) >= 11 is 0. The Hall–Kier alpha value is -1.97. The Bertz CT molecular complexity index is 656. The number of nitrogens with two attached hydrogens (primary N) is 1. The summed E-state index contributed by atoms with van der Waals surface area (Å²) in [5, 5.41) is 0. The summed E-state index contributed by atoms with van der Waals surface area (Å²) in [4.78, 5) is 4.85. The van der Waals surface area contributed by atoms with E-state index >= 15 is 0 Å². The molecule has 1 aromatic carbocycles. The van der Waals surface area contributed by atoms with Gasteiger partial charge in [-0.2, -0.15) is 0 Å². The van der Waals surface area contributed by atoms with Gasteiger partial charge in [0.2, 0.25) is 0 Å². The fourth-order valence-electron chi connectivity index (χ4n) is 2.83. The van der Waals surface area contributed by atoms with Crippen molar-refractivity contribution < 1.29 is 4.74 Å². The van der Waals surface area contributed by atoms with Crippen LogP contribution in [0, 0.1) is 6.92 Å². The van der Waals surface area contributed by atoms with E-state index < -0.39 is 0 Å². The van der Waals surface area contributed by atoms with Crippen LogP contribution in [0.15, 0.2) is 18.2 Å². The molecule has 4 nitrogen and oxygen atoms in total. The van der Waals surface area contributed by atoms with E-state index in [2.05, 4.69) is 17.6 Å². The Morgan fingerprint density at radius 1 is 1.38 bits per heavy atom. The number of nitrogen functional groups attached to an aromatic ring is 1. The third-order valence-corrected chi connectivity index (χ3v) is 4.09. The highest BCUT2D eigenvalue weighted by atomic mass is 16.5.